The molecule has 0 aliphatic heterocycles. The summed E-state index contributed by atoms with van der Waals surface area (Å²) in [6.07, 6.45) is 4.71. The molecule has 0 unspecified atom stereocenters. The van der Waals surface area contributed by atoms with Gasteiger partial charge in [0.15, 0.2) is 0 Å². The average molecular weight is 635 g/mol. The lowest BCUT2D eigenvalue weighted by atomic mass is 10.2. The average Bonchev–Trinajstić information content (AvgIpc) is 3.61. The zero-order valence-electron chi connectivity index (χ0n) is 25.4. The SMILES string of the molecule is CCCCCC(=O)OCCCCOC(=O)c1ccc(N=Nc2cc3sc(N=Nc4ccc(N(CC)CC)cc4)nc3s2)cc1. The molecule has 232 valence electrons. The highest BCUT2D eigenvalue weighted by atomic mass is 32.1. The van der Waals surface area contributed by atoms with Crippen LogP contribution in [-0.4, -0.2) is 43.2 Å². The number of thiazole rings is 1. The van der Waals surface area contributed by atoms with Crippen LogP contribution in [0.4, 0.5) is 27.2 Å². The Hall–Kier alpha value is -4.03. The maximum Gasteiger partial charge on any atom is 0.338 e. The minimum absolute atomic E-state index is 0.163. The van der Waals surface area contributed by atoms with Crippen molar-refractivity contribution in [2.24, 2.45) is 20.5 Å². The van der Waals surface area contributed by atoms with Crippen molar-refractivity contribution in [3.8, 4) is 0 Å². The van der Waals surface area contributed by atoms with Crippen LogP contribution in [0.5, 0.6) is 0 Å². The van der Waals surface area contributed by atoms with Gasteiger partial charge < -0.3 is 14.4 Å². The van der Waals surface area contributed by atoms with Gasteiger partial charge in [-0.25, -0.2) is 9.78 Å². The first-order chi connectivity index (χ1) is 21.5. The Morgan fingerprint density at radius 2 is 1.43 bits per heavy atom. The molecule has 0 saturated carbocycles. The molecule has 2 heterocycles. The van der Waals surface area contributed by atoms with Crippen molar-refractivity contribution in [3.63, 3.8) is 0 Å². The zero-order valence-corrected chi connectivity index (χ0v) is 27.0. The number of anilines is 1. The third kappa shape index (κ3) is 10.0. The van der Waals surface area contributed by atoms with Crippen LogP contribution < -0.4 is 4.90 Å². The van der Waals surface area contributed by atoms with Crippen LogP contribution >= 0.6 is 22.7 Å². The van der Waals surface area contributed by atoms with E-state index < -0.39 is 5.97 Å². The second kappa shape index (κ2) is 17.3. The molecule has 4 rings (SSSR count). The van der Waals surface area contributed by atoms with Gasteiger partial charge in [0.1, 0.15) is 9.83 Å². The van der Waals surface area contributed by atoms with Gasteiger partial charge in [-0.05, 0) is 87.7 Å². The monoisotopic (exact) mass is 634 g/mol. The predicted octanol–water partition coefficient (Wildman–Crippen LogP) is 10.1. The number of aromatic nitrogens is 1. The maximum absolute atomic E-state index is 12.3. The van der Waals surface area contributed by atoms with Gasteiger partial charge in [-0.15, -0.1) is 20.5 Å². The number of benzene rings is 2. The van der Waals surface area contributed by atoms with Gasteiger partial charge in [0, 0.05) is 25.2 Å². The molecule has 44 heavy (non-hydrogen) atoms. The van der Waals surface area contributed by atoms with Crippen molar-refractivity contribution in [1.82, 2.24) is 4.98 Å². The van der Waals surface area contributed by atoms with Gasteiger partial charge in [0.25, 0.3) is 0 Å². The van der Waals surface area contributed by atoms with E-state index in [1.165, 1.54) is 28.4 Å². The molecule has 12 heteroatoms. The zero-order chi connectivity index (χ0) is 31.1. The van der Waals surface area contributed by atoms with Crippen molar-refractivity contribution in [2.75, 3.05) is 31.2 Å². The number of hydrogen-bond acceptors (Lipinski definition) is 12. The van der Waals surface area contributed by atoms with Crippen molar-refractivity contribution in [3.05, 3.63) is 60.2 Å². The number of azo groups is 2. The lowest BCUT2D eigenvalue weighted by Crippen LogP contribution is -2.21. The molecule has 0 amide bonds. The molecular formula is C32H38N6O4S2. The summed E-state index contributed by atoms with van der Waals surface area (Å²) in [5, 5.41) is 18.6. The second-order valence-corrected chi connectivity index (χ2v) is 11.9. The van der Waals surface area contributed by atoms with Gasteiger partial charge >= 0.3 is 11.9 Å². The first-order valence-electron chi connectivity index (χ1n) is 15.0. The van der Waals surface area contributed by atoms with E-state index in [1.54, 1.807) is 24.3 Å². The fourth-order valence-corrected chi connectivity index (χ4v) is 6.07. The van der Waals surface area contributed by atoms with E-state index >= 15 is 0 Å². The first-order valence-corrected chi connectivity index (χ1v) is 16.6. The van der Waals surface area contributed by atoms with E-state index in [4.69, 9.17) is 9.47 Å². The number of nitrogens with zero attached hydrogens (tertiary/aromatic N) is 6. The molecule has 0 spiro atoms. The Kier molecular flexibility index (Phi) is 12.9. The predicted molar refractivity (Wildman–Crippen MR) is 177 cm³/mol. The normalized spacial score (nSPS) is 11.5. The highest BCUT2D eigenvalue weighted by Crippen LogP contribution is 2.39. The van der Waals surface area contributed by atoms with E-state index in [9.17, 15) is 9.59 Å². The first kappa shape index (κ1) is 32.9. The van der Waals surface area contributed by atoms with Crippen molar-refractivity contribution < 1.29 is 19.1 Å². The van der Waals surface area contributed by atoms with E-state index in [0.29, 0.717) is 42.3 Å². The van der Waals surface area contributed by atoms with Crippen LogP contribution in [0.15, 0.2) is 75.1 Å². The summed E-state index contributed by atoms with van der Waals surface area (Å²) >= 11 is 2.88. The number of ether oxygens (including phenoxy) is 2. The molecule has 0 saturated heterocycles. The summed E-state index contributed by atoms with van der Waals surface area (Å²) in [4.78, 5) is 31.6. The van der Waals surface area contributed by atoms with E-state index in [0.717, 1.165) is 52.6 Å². The quantitative estimate of drug-likeness (QED) is 0.0648. The topological polar surface area (TPSA) is 118 Å². The minimum Gasteiger partial charge on any atom is -0.466 e. The Balaban J connectivity index is 1.20. The molecular weight excluding hydrogens is 597 g/mol. The molecule has 0 bridgehead atoms. The number of hydrogen-bond donors (Lipinski definition) is 0. The molecule has 0 N–H and O–H groups in total. The number of thiophene rings is 1. The molecule has 0 atom stereocenters. The highest BCUT2D eigenvalue weighted by Gasteiger charge is 2.10. The summed E-state index contributed by atoms with van der Waals surface area (Å²) in [7, 11) is 0. The lowest BCUT2D eigenvalue weighted by Gasteiger charge is -2.20. The molecule has 2 aromatic heterocycles. The van der Waals surface area contributed by atoms with Gasteiger partial charge in [0.2, 0.25) is 5.13 Å². The van der Waals surface area contributed by atoms with Crippen LogP contribution in [-0.2, 0) is 14.3 Å². The van der Waals surface area contributed by atoms with E-state index in [2.05, 4.69) is 63.2 Å². The third-order valence-electron chi connectivity index (χ3n) is 6.68. The molecule has 10 nitrogen and oxygen atoms in total. The van der Waals surface area contributed by atoms with Gasteiger partial charge in [0.05, 0.1) is 34.9 Å². The fraction of sp³-hybridized carbons (Fsp3) is 0.406. The van der Waals surface area contributed by atoms with Crippen molar-refractivity contribution in [2.45, 2.75) is 59.3 Å². The van der Waals surface area contributed by atoms with Crippen LogP contribution in [0.1, 0.15) is 69.7 Å². The third-order valence-corrected chi connectivity index (χ3v) is 8.61. The molecule has 0 fully saturated rings. The van der Waals surface area contributed by atoms with Crippen LogP contribution in [0.25, 0.3) is 9.53 Å². The molecule has 0 aliphatic rings. The number of esters is 2. The molecule has 2 aromatic carbocycles. The lowest BCUT2D eigenvalue weighted by molar-refractivity contribution is -0.144. The fourth-order valence-electron chi connectivity index (χ4n) is 4.22. The van der Waals surface area contributed by atoms with Crippen LogP contribution in [0.2, 0.25) is 0 Å². The Morgan fingerprint density at radius 1 is 0.773 bits per heavy atom. The number of fused-ring (bicyclic) bond motifs is 1. The van der Waals surface area contributed by atoms with E-state index in [1.807, 2.05) is 18.2 Å². The minimum atomic E-state index is -0.404. The standard InChI is InChI=1S/C32H38N6O4S2/c1-4-7-8-11-29(39)41-20-9-10-21-42-31(40)23-12-14-24(15-13-23)34-36-28-22-27-30(44-28)33-32(43-27)37-35-25-16-18-26(19-17-25)38(5-2)6-3/h12-19,22H,4-11,20-21H2,1-3H3. The van der Waals surface area contributed by atoms with Gasteiger partial charge in [-0.3, -0.25) is 4.79 Å². The summed E-state index contributed by atoms with van der Waals surface area (Å²) in [5.74, 6) is -0.567. The highest BCUT2D eigenvalue weighted by molar-refractivity contribution is 7.30. The van der Waals surface area contributed by atoms with Crippen LogP contribution in [0.3, 0.4) is 0 Å². The van der Waals surface area contributed by atoms with Crippen LogP contribution in [0, 0.1) is 0 Å². The molecule has 4 aromatic rings. The Morgan fingerprint density at radius 3 is 2.09 bits per heavy atom. The Bertz CT molecular complexity index is 1510. The Labute approximate surface area is 265 Å². The maximum atomic E-state index is 12.3. The van der Waals surface area contributed by atoms with Gasteiger partial charge in [-0.2, -0.15) is 0 Å². The number of carbonyl (C=O) groups is 2. The van der Waals surface area contributed by atoms with Crippen molar-refractivity contribution in [1.29, 1.82) is 0 Å². The van der Waals surface area contributed by atoms with E-state index in [-0.39, 0.29) is 12.6 Å². The summed E-state index contributed by atoms with van der Waals surface area (Å²) < 4.78 is 11.5. The number of rotatable bonds is 17. The largest absolute Gasteiger partial charge is 0.466 e. The molecule has 0 aliphatic carbocycles. The molecule has 0 radical (unpaired) electrons. The summed E-state index contributed by atoms with van der Waals surface area (Å²) in [6.45, 7) is 8.90. The second-order valence-electron chi connectivity index (χ2n) is 9.91. The smallest absolute Gasteiger partial charge is 0.338 e. The number of unbranched alkanes of at least 4 members (excludes halogenated alkanes) is 3. The van der Waals surface area contributed by atoms with Crippen molar-refractivity contribution >= 4 is 71.3 Å². The summed E-state index contributed by atoms with van der Waals surface area (Å²) in [5.41, 5.74) is 3.00. The van der Waals surface area contributed by atoms with Gasteiger partial charge in [-0.1, -0.05) is 42.4 Å². The summed E-state index contributed by atoms with van der Waals surface area (Å²) in [6, 6.07) is 16.7. The number of carbonyl (C=O) groups excluding carboxylic acids is 2.